The Hall–Kier alpha value is -2.82. The molecule has 1 aromatic carbocycles. The Balaban J connectivity index is 1.71. The smallest absolute Gasteiger partial charge is 0.408 e. The number of oxazole rings is 1. The van der Waals surface area contributed by atoms with Gasteiger partial charge in [-0.1, -0.05) is 11.8 Å². The van der Waals surface area contributed by atoms with Crippen LogP contribution in [0.25, 0.3) is 11.1 Å². The van der Waals surface area contributed by atoms with E-state index in [1.54, 1.807) is 11.8 Å². The van der Waals surface area contributed by atoms with Gasteiger partial charge in [-0.3, -0.25) is 19.2 Å². The molecule has 0 fully saturated rings. The fourth-order valence-corrected chi connectivity index (χ4v) is 3.87. The summed E-state index contributed by atoms with van der Waals surface area (Å²) in [5.41, 5.74) is 0.709. The van der Waals surface area contributed by atoms with Crippen molar-refractivity contribution < 1.29 is 9.34 Å². The summed E-state index contributed by atoms with van der Waals surface area (Å²) in [5.74, 6) is 0.995. The highest BCUT2D eigenvalue weighted by Gasteiger charge is 2.17. The molecular formula is C17H22N6O4S. The number of rotatable bonds is 8. The lowest BCUT2D eigenvalue weighted by atomic mass is 10.3. The Morgan fingerprint density at radius 1 is 1.32 bits per heavy atom. The van der Waals surface area contributed by atoms with Crippen molar-refractivity contribution in [3.05, 3.63) is 38.9 Å². The zero-order valence-corrected chi connectivity index (χ0v) is 17.0. The number of nitro benzene ring substituents is 1. The van der Waals surface area contributed by atoms with Crippen LogP contribution >= 0.6 is 11.8 Å². The second kappa shape index (κ2) is 8.05. The minimum atomic E-state index is -0.513. The van der Waals surface area contributed by atoms with Gasteiger partial charge in [-0.05, 0) is 26.3 Å². The third-order valence-corrected chi connectivity index (χ3v) is 5.21. The molecule has 0 aliphatic heterocycles. The van der Waals surface area contributed by atoms with Crippen molar-refractivity contribution in [1.29, 1.82) is 0 Å². The van der Waals surface area contributed by atoms with Gasteiger partial charge in [0, 0.05) is 44.6 Å². The van der Waals surface area contributed by atoms with Crippen LogP contribution in [0.5, 0.6) is 0 Å². The Morgan fingerprint density at radius 3 is 2.71 bits per heavy atom. The molecule has 0 bridgehead atoms. The first-order valence-electron chi connectivity index (χ1n) is 8.82. The Bertz CT molecular complexity index is 1050. The van der Waals surface area contributed by atoms with Crippen LogP contribution in [0, 0.1) is 10.1 Å². The van der Waals surface area contributed by atoms with Crippen molar-refractivity contribution in [2.45, 2.75) is 38.0 Å². The average Bonchev–Trinajstić information content (AvgIpc) is 3.19. The van der Waals surface area contributed by atoms with Gasteiger partial charge in [-0.2, -0.15) is 0 Å². The molecule has 3 rings (SSSR count). The lowest BCUT2D eigenvalue weighted by Gasteiger charge is -2.17. The molecular weight excluding hydrogens is 384 g/mol. The second-order valence-electron chi connectivity index (χ2n) is 6.77. The van der Waals surface area contributed by atoms with Crippen LogP contribution in [-0.4, -0.2) is 44.1 Å². The summed E-state index contributed by atoms with van der Waals surface area (Å²) in [6.45, 7) is 4.55. The molecule has 0 N–H and O–H groups in total. The zero-order chi connectivity index (χ0) is 20.4. The highest BCUT2D eigenvalue weighted by atomic mass is 32.2. The quantitative estimate of drug-likeness (QED) is 0.243. The van der Waals surface area contributed by atoms with E-state index in [0.717, 1.165) is 11.1 Å². The predicted octanol–water partition coefficient (Wildman–Crippen LogP) is 2.92. The van der Waals surface area contributed by atoms with Gasteiger partial charge in [0.1, 0.15) is 0 Å². The fraction of sp³-hybridized carbons (Fsp3) is 0.471. The Kier molecular flexibility index (Phi) is 5.73. The van der Waals surface area contributed by atoms with Crippen molar-refractivity contribution in [3.8, 4) is 0 Å². The Labute approximate surface area is 165 Å². The number of benzene rings is 1. The maximum Gasteiger partial charge on any atom is 0.419 e. The molecule has 0 atom stereocenters. The van der Waals surface area contributed by atoms with Crippen LogP contribution in [0.3, 0.4) is 0 Å². The standard InChI is InChI=1S/C17H22N6O4S/c1-11(2)22-15(20(3)4)18-19-16(22)28-9-5-8-21-13-10-12(23(25)26)6-7-14(13)27-17(21)24/h6-7,10-11H,5,8-9H2,1-4H3. The number of non-ortho nitro benzene ring substituents is 1. The molecule has 0 unspecified atom stereocenters. The van der Waals surface area contributed by atoms with Gasteiger partial charge in [-0.15, -0.1) is 10.2 Å². The number of hydrogen-bond donors (Lipinski definition) is 0. The maximum absolute atomic E-state index is 12.1. The van der Waals surface area contributed by atoms with Crippen LogP contribution in [0.2, 0.25) is 0 Å². The monoisotopic (exact) mass is 406 g/mol. The van der Waals surface area contributed by atoms with E-state index in [2.05, 4.69) is 28.6 Å². The van der Waals surface area contributed by atoms with Gasteiger partial charge in [0.2, 0.25) is 5.95 Å². The van der Waals surface area contributed by atoms with Gasteiger partial charge >= 0.3 is 5.76 Å². The van der Waals surface area contributed by atoms with Crippen molar-refractivity contribution in [3.63, 3.8) is 0 Å². The third kappa shape index (κ3) is 3.88. The van der Waals surface area contributed by atoms with Crippen LogP contribution in [0.1, 0.15) is 26.3 Å². The largest absolute Gasteiger partial charge is 0.419 e. The fourth-order valence-electron chi connectivity index (χ4n) is 2.89. The molecule has 0 saturated heterocycles. The number of hydrogen-bond acceptors (Lipinski definition) is 8. The highest BCUT2D eigenvalue weighted by molar-refractivity contribution is 7.99. The molecule has 11 heteroatoms. The molecule has 3 aromatic rings. The summed E-state index contributed by atoms with van der Waals surface area (Å²) in [7, 11) is 3.85. The first kappa shape index (κ1) is 19.9. The van der Waals surface area contributed by atoms with Crippen LogP contribution < -0.4 is 10.7 Å². The van der Waals surface area contributed by atoms with Crippen LogP contribution in [0.15, 0.2) is 32.6 Å². The molecule has 0 spiro atoms. The SMILES string of the molecule is CC(C)n1c(SCCCn2c(=O)oc3ccc([N+](=O)[O-])cc32)nnc1N(C)C. The summed E-state index contributed by atoms with van der Waals surface area (Å²) in [6, 6.07) is 4.36. The van der Waals surface area contributed by atoms with E-state index in [0.29, 0.717) is 29.8 Å². The van der Waals surface area contributed by atoms with Crippen molar-refractivity contribution in [2.75, 3.05) is 24.7 Å². The lowest BCUT2D eigenvalue weighted by molar-refractivity contribution is -0.384. The normalized spacial score (nSPS) is 11.5. The molecule has 28 heavy (non-hydrogen) atoms. The van der Waals surface area contributed by atoms with Crippen molar-refractivity contribution in [2.24, 2.45) is 0 Å². The van der Waals surface area contributed by atoms with E-state index in [1.807, 2.05) is 19.0 Å². The second-order valence-corrected chi connectivity index (χ2v) is 7.83. The number of nitrogens with zero attached hydrogens (tertiary/aromatic N) is 6. The summed E-state index contributed by atoms with van der Waals surface area (Å²) < 4.78 is 8.67. The van der Waals surface area contributed by atoms with E-state index in [9.17, 15) is 14.9 Å². The summed E-state index contributed by atoms with van der Waals surface area (Å²) >= 11 is 1.56. The molecule has 2 aromatic heterocycles. The van der Waals surface area contributed by atoms with Crippen LogP contribution in [-0.2, 0) is 6.54 Å². The summed E-state index contributed by atoms with van der Waals surface area (Å²) in [6.07, 6.45) is 0.671. The minimum Gasteiger partial charge on any atom is -0.408 e. The summed E-state index contributed by atoms with van der Waals surface area (Å²) in [5, 5.41) is 20.3. The molecule has 0 aliphatic rings. The van der Waals surface area contributed by atoms with Gasteiger partial charge in [0.05, 0.1) is 10.4 Å². The Morgan fingerprint density at radius 2 is 2.07 bits per heavy atom. The van der Waals surface area contributed by atoms with E-state index >= 15 is 0 Å². The minimum absolute atomic E-state index is 0.0716. The first-order chi connectivity index (χ1) is 13.3. The highest BCUT2D eigenvalue weighted by Crippen LogP contribution is 2.26. The topological polar surface area (TPSA) is 112 Å². The van der Waals surface area contributed by atoms with E-state index in [1.165, 1.54) is 22.8 Å². The number of thioether (sulfide) groups is 1. The zero-order valence-electron chi connectivity index (χ0n) is 16.2. The molecule has 2 heterocycles. The number of fused-ring (bicyclic) bond motifs is 1. The van der Waals surface area contributed by atoms with Gasteiger partial charge in [0.25, 0.3) is 5.69 Å². The van der Waals surface area contributed by atoms with Crippen LogP contribution in [0.4, 0.5) is 11.6 Å². The van der Waals surface area contributed by atoms with Crippen molar-refractivity contribution in [1.82, 2.24) is 19.3 Å². The first-order valence-corrected chi connectivity index (χ1v) is 9.81. The lowest BCUT2D eigenvalue weighted by Crippen LogP contribution is -2.17. The molecule has 10 nitrogen and oxygen atoms in total. The van der Waals surface area contributed by atoms with Gasteiger partial charge < -0.3 is 9.32 Å². The third-order valence-electron chi connectivity index (χ3n) is 4.18. The molecule has 0 saturated carbocycles. The number of aromatic nitrogens is 4. The molecule has 0 radical (unpaired) electrons. The summed E-state index contributed by atoms with van der Waals surface area (Å²) in [4.78, 5) is 24.5. The average molecular weight is 406 g/mol. The molecule has 0 aliphatic carbocycles. The van der Waals surface area contributed by atoms with E-state index in [4.69, 9.17) is 4.42 Å². The van der Waals surface area contributed by atoms with E-state index in [-0.39, 0.29) is 11.7 Å². The predicted molar refractivity (Wildman–Crippen MR) is 107 cm³/mol. The van der Waals surface area contributed by atoms with Gasteiger partial charge in [0.15, 0.2) is 10.7 Å². The van der Waals surface area contributed by atoms with Crippen molar-refractivity contribution >= 4 is 34.5 Å². The molecule has 150 valence electrons. The van der Waals surface area contributed by atoms with Gasteiger partial charge in [-0.25, -0.2) is 4.79 Å². The number of anilines is 1. The number of aryl methyl sites for hydroxylation is 1. The molecule has 0 amide bonds. The maximum atomic E-state index is 12.1. The number of nitro groups is 1. The van der Waals surface area contributed by atoms with E-state index < -0.39 is 10.7 Å².